The number of phenolic OH excluding ortho intramolecular Hbond substituents is 1. The number of hydrogen-bond donors (Lipinski definition) is 1. The summed E-state index contributed by atoms with van der Waals surface area (Å²) in [4.78, 5) is 31.8. The number of halogens is 2. The van der Waals surface area contributed by atoms with E-state index in [0.29, 0.717) is 31.9 Å². The van der Waals surface area contributed by atoms with Crippen LogP contribution in [0.1, 0.15) is 31.0 Å². The van der Waals surface area contributed by atoms with Crippen molar-refractivity contribution in [2.24, 2.45) is 4.99 Å². The first-order chi connectivity index (χ1) is 18.2. The highest BCUT2D eigenvalue weighted by molar-refractivity contribution is 9.10. The summed E-state index contributed by atoms with van der Waals surface area (Å²) in [5, 5.41) is 19.2. The molecule has 4 rings (SSSR count). The number of phenols is 1. The second-order valence-corrected chi connectivity index (χ2v) is 10.3. The van der Waals surface area contributed by atoms with Crippen LogP contribution in [-0.2, 0) is 9.53 Å². The number of fused-ring (bicyclic) bond motifs is 1. The molecule has 0 spiro atoms. The Balaban J connectivity index is 1.99. The summed E-state index contributed by atoms with van der Waals surface area (Å²) >= 11 is 10.8. The summed E-state index contributed by atoms with van der Waals surface area (Å²) < 4.78 is 18.6. The van der Waals surface area contributed by atoms with Gasteiger partial charge in [0.2, 0.25) is 0 Å². The van der Waals surface area contributed by atoms with E-state index in [4.69, 9.17) is 31.1 Å². The zero-order chi connectivity index (χ0) is 27.6. The van der Waals surface area contributed by atoms with Gasteiger partial charge in [-0.1, -0.05) is 38.9 Å². The Morgan fingerprint density at radius 3 is 2.79 bits per heavy atom. The number of methoxy groups -OCH3 is 1. The van der Waals surface area contributed by atoms with Gasteiger partial charge in [-0.15, -0.1) is 0 Å². The minimum atomic E-state index is -0.948. The van der Waals surface area contributed by atoms with Crippen molar-refractivity contribution in [3.8, 4) is 23.3 Å². The average molecular weight is 619 g/mol. The number of esters is 1. The smallest absolute Gasteiger partial charge is 0.338 e. The topological polar surface area (TPSA) is 123 Å². The van der Waals surface area contributed by atoms with Gasteiger partial charge in [-0.3, -0.25) is 9.36 Å². The van der Waals surface area contributed by atoms with E-state index in [0.717, 1.165) is 15.8 Å². The van der Waals surface area contributed by atoms with Crippen molar-refractivity contribution in [1.82, 2.24) is 4.57 Å². The van der Waals surface area contributed by atoms with Gasteiger partial charge in [-0.2, -0.15) is 5.26 Å². The third-order valence-corrected chi connectivity index (χ3v) is 7.42. The van der Waals surface area contributed by atoms with Crippen LogP contribution in [0.4, 0.5) is 0 Å². The van der Waals surface area contributed by atoms with E-state index in [-0.39, 0.29) is 35.3 Å². The normalized spacial score (nSPS) is 14.9. The molecule has 0 amide bonds. The number of nitrogens with zero attached hydrogens (tertiary/aromatic N) is 3. The number of benzene rings is 2. The number of rotatable bonds is 7. The summed E-state index contributed by atoms with van der Waals surface area (Å²) in [7, 11) is 1.37. The van der Waals surface area contributed by atoms with Crippen molar-refractivity contribution in [2.45, 2.75) is 19.9 Å². The lowest BCUT2D eigenvalue weighted by Crippen LogP contribution is -2.40. The minimum absolute atomic E-state index is 0.00671. The molecule has 3 aromatic rings. The number of thiazole rings is 1. The molecule has 0 bridgehead atoms. The largest absolute Gasteiger partial charge is 0.503 e. The van der Waals surface area contributed by atoms with Crippen molar-refractivity contribution >= 4 is 50.9 Å². The molecular formula is C26H21BrClN3O6S. The molecule has 12 heteroatoms. The Morgan fingerprint density at radius 1 is 1.34 bits per heavy atom. The van der Waals surface area contributed by atoms with Crippen molar-refractivity contribution in [3.63, 3.8) is 0 Å². The van der Waals surface area contributed by atoms with Crippen LogP contribution in [0.25, 0.3) is 6.08 Å². The number of carbonyl (C=O) groups excluding carboxylic acids is 1. The van der Waals surface area contributed by atoms with Crippen molar-refractivity contribution in [2.75, 3.05) is 20.3 Å². The molecule has 2 aromatic carbocycles. The summed E-state index contributed by atoms with van der Waals surface area (Å²) in [6, 6.07) is 9.20. The summed E-state index contributed by atoms with van der Waals surface area (Å²) in [5.74, 6) is -0.380. The second-order valence-electron chi connectivity index (χ2n) is 7.98. The standard InChI is InChI=1S/C26H21BrClN3O6S/c1-4-36-25(34)21-13(2)30-26-31(22(21)15-10-17(28)23(32)19(11-15)35-3)24(33)20(38-26)12-14-9-16(27)5-6-18(14)37-8-7-29/h5-6,9-12,22,32H,4,8H2,1-3H3/b20-12-. The number of carbonyl (C=O) groups is 1. The maximum Gasteiger partial charge on any atom is 0.338 e. The second kappa shape index (κ2) is 11.4. The van der Waals surface area contributed by atoms with Crippen LogP contribution in [0.5, 0.6) is 17.2 Å². The van der Waals surface area contributed by atoms with Gasteiger partial charge in [-0.05, 0) is 55.8 Å². The van der Waals surface area contributed by atoms with Gasteiger partial charge in [0.15, 0.2) is 22.9 Å². The first-order valence-electron chi connectivity index (χ1n) is 11.3. The Labute approximate surface area is 234 Å². The highest BCUT2D eigenvalue weighted by Gasteiger charge is 2.34. The number of aromatic hydroxyl groups is 1. The van der Waals surface area contributed by atoms with Crippen LogP contribution in [0.15, 0.2) is 55.9 Å². The van der Waals surface area contributed by atoms with E-state index in [1.165, 1.54) is 23.8 Å². The fraction of sp³-hybridized carbons (Fsp3) is 0.231. The van der Waals surface area contributed by atoms with Gasteiger partial charge in [0.1, 0.15) is 11.8 Å². The van der Waals surface area contributed by atoms with Crippen LogP contribution >= 0.6 is 38.9 Å². The summed E-state index contributed by atoms with van der Waals surface area (Å²) in [6.45, 7) is 3.32. The molecule has 1 atom stereocenters. The van der Waals surface area contributed by atoms with Crippen LogP contribution in [0, 0.1) is 11.3 Å². The summed E-state index contributed by atoms with van der Waals surface area (Å²) in [6.07, 6.45) is 1.64. The number of nitriles is 1. The maximum absolute atomic E-state index is 13.8. The molecular weight excluding hydrogens is 598 g/mol. The fourth-order valence-corrected chi connectivity index (χ4v) is 5.66. The molecule has 0 radical (unpaired) electrons. The van der Waals surface area contributed by atoms with Crippen molar-refractivity contribution in [1.29, 1.82) is 5.26 Å². The first kappa shape index (κ1) is 27.4. The lowest BCUT2D eigenvalue weighted by molar-refractivity contribution is -0.139. The molecule has 196 valence electrons. The fourth-order valence-electron chi connectivity index (χ4n) is 4.03. The molecule has 2 heterocycles. The van der Waals surface area contributed by atoms with E-state index in [1.807, 2.05) is 6.07 Å². The van der Waals surface area contributed by atoms with Crippen LogP contribution < -0.4 is 24.4 Å². The van der Waals surface area contributed by atoms with Crippen LogP contribution in [0.3, 0.4) is 0 Å². The summed E-state index contributed by atoms with van der Waals surface area (Å²) in [5.41, 5.74) is 1.13. The van der Waals surface area contributed by atoms with Crippen LogP contribution in [-0.4, -0.2) is 36.0 Å². The average Bonchev–Trinajstić information content (AvgIpc) is 3.18. The molecule has 9 nitrogen and oxygen atoms in total. The molecule has 0 saturated carbocycles. The molecule has 0 aliphatic carbocycles. The molecule has 0 saturated heterocycles. The van der Waals surface area contributed by atoms with Gasteiger partial charge in [0.05, 0.1) is 40.6 Å². The maximum atomic E-state index is 13.8. The van der Waals surface area contributed by atoms with E-state index in [1.54, 1.807) is 38.1 Å². The highest BCUT2D eigenvalue weighted by Crippen LogP contribution is 2.40. The predicted molar refractivity (Wildman–Crippen MR) is 145 cm³/mol. The Kier molecular flexibility index (Phi) is 8.26. The third kappa shape index (κ3) is 5.20. The van der Waals surface area contributed by atoms with E-state index in [2.05, 4.69) is 20.9 Å². The monoisotopic (exact) mass is 617 g/mol. The van der Waals surface area contributed by atoms with Gasteiger partial charge >= 0.3 is 5.97 Å². The third-order valence-electron chi connectivity index (χ3n) is 5.65. The molecule has 38 heavy (non-hydrogen) atoms. The van der Waals surface area contributed by atoms with E-state index < -0.39 is 17.6 Å². The Hall–Kier alpha value is -3.59. The number of allylic oxidation sites excluding steroid dienone is 1. The SMILES string of the molecule is CCOC(=O)C1=C(C)N=c2s/c(=C\c3cc(Br)ccc3OCC#N)c(=O)n2C1c1cc(Cl)c(O)c(OC)c1. The van der Waals surface area contributed by atoms with Crippen molar-refractivity contribution < 1.29 is 24.1 Å². The molecule has 1 N–H and O–H groups in total. The molecule has 1 aliphatic rings. The Morgan fingerprint density at radius 2 is 2.11 bits per heavy atom. The van der Waals surface area contributed by atoms with E-state index in [9.17, 15) is 14.7 Å². The number of hydrogen-bond acceptors (Lipinski definition) is 9. The lowest BCUT2D eigenvalue weighted by atomic mass is 9.95. The minimum Gasteiger partial charge on any atom is -0.503 e. The number of ether oxygens (including phenoxy) is 3. The molecule has 1 aliphatic heterocycles. The quantitative estimate of drug-likeness (QED) is 0.399. The van der Waals surface area contributed by atoms with Gasteiger partial charge in [0, 0.05) is 10.0 Å². The predicted octanol–water partition coefficient (Wildman–Crippen LogP) is 3.83. The molecule has 1 unspecified atom stereocenters. The van der Waals surface area contributed by atoms with Gasteiger partial charge in [0.25, 0.3) is 5.56 Å². The number of aromatic nitrogens is 1. The van der Waals surface area contributed by atoms with Crippen LogP contribution in [0.2, 0.25) is 5.02 Å². The first-order valence-corrected chi connectivity index (χ1v) is 13.2. The Bertz CT molecular complexity index is 1690. The zero-order valence-electron chi connectivity index (χ0n) is 20.4. The van der Waals surface area contributed by atoms with Gasteiger partial charge in [-0.25, -0.2) is 9.79 Å². The molecule has 0 fully saturated rings. The lowest BCUT2D eigenvalue weighted by Gasteiger charge is -2.25. The molecule has 1 aromatic heterocycles. The highest BCUT2D eigenvalue weighted by atomic mass is 79.9. The van der Waals surface area contributed by atoms with Crippen molar-refractivity contribution in [3.05, 3.63) is 81.9 Å². The van der Waals surface area contributed by atoms with Gasteiger partial charge < -0.3 is 19.3 Å². The zero-order valence-corrected chi connectivity index (χ0v) is 23.6. The van der Waals surface area contributed by atoms with E-state index >= 15 is 0 Å².